The summed E-state index contributed by atoms with van der Waals surface area (Å²) >= 11 is 0. The zero-order chi connectivity index (χ0) is 11.4. The smallest absolute Gasteiger partial charge is 0.211 e. The highest BCUT2D eigenvalue weighted by Gasteiger charge is 2.14. The molecule has 0 bridgehead atoms. The molecule has 0 fully saturated rings. The lowest BCUT2D eigenvalue weighted by Crippen LogP contribution is -2.01. The first-order chi connectivity index (χ1) is 7.07. The van der Waals surface area contributed by atoms with E-state index in [2.05, 4.69) is 4.99 Å². The Hall–Kier alpha value is -1.54. The highest BCUT2D eigenvalue weighted by molar-refractivity contribution is 5.35. The molecule has 0 aliphatic heterocycles. The summed E-state index contributed by atoms with van der Waals surface area (Å²) < 4.78 is 26.9. The Morgan fingerprint density at radius 3 is 2.60 bits per heavy atom. The molecule has 0 amide bonds. The average molecular weight is 211 g/mol. The van der Waals surface area contributed by atoms with Crippen LogP contribution in [0.4, 0.5) is 8.78 Å². The molecule has 1 aromatic rings. The Bertz CT molecular complexity index is 409. The number of isocyanates is 1. The number of halogens is 2. The van der Waals surface area contributed by atoms with Crippen molar-refractivity contribution in [3.05, 3.63) is 34.9 Å². The lowest BCUT2D eigenvalue weighted by atomic mass is 9.99. The van der Waals surface area contributed by atoms with Gasteiger partial charge in [-0.2, -0.15) is 0 Å². The van der Waals surface area contributed by atoms with Crippen LogP contribution in [0.15, 0.2) is 17.1 Å². The van der Waals surface area contributed by atoms with Gasteiger partial charge in [0.2, 0.25) is 6.08 Å². The van der Waals surface area contributed by atoms with Crippen LogP contribution in [0.1, 0.15) is 30.9 Å². The first kappa shape index (κ1) is 11.5. The molecule has 0 saturated heterocycles. The maximum atomic E-state index is 13.7. The first-order valence-electron chi connectivity index (χ1n) is 4.58. The van der Waals surface area contributed by atoms with E-state index < -0.39 is 11.6 Å². The summed E-state index contributed by atoms with van der Waals surface area (Å²) in [5.41, 5.74) is 0.247. The van der Waals surface area contributed by atoms with Crippen molar-refractivity contribution < 1.29 is 13.6 Å². The minimum absolute atomic E-state index is 0.0374. The number of hydrogen-bond acceptors (Lipinski definition) is 2. The van der Waals surface area contributed by atoms with Crippen molar-refractivity contribution >= 4 is 6.08 Å². The topological polar surface area (TPSA) is 29.4 Å². The molecule has 0 spiro atoms. The molecule has 2 nitrogen and oxygen atoms in total. The standard InChI is InChI=1S/C11H11F2NO/c1-7(2)8-3-4-10(12)9(11(8)13)5-14-6-15/h3-4,7H,5H2,1-2H3. The molecule has 0 radical (unpaired) electrons. The number of hydrogen-bond donors (Lipinski definition) is 0. The Morgan fingerprint density at radius 2 is 2.07 bits per heavy atom. The highest BCUT2D eigenvalue weighted by Crippen LogP contribution is 2.23. The Kier molecular flexibility index (Phi) is 3.69. The van der Waals surface area contributed by atoms with E-state index in [0.717, 1.165) is 0 Å². The Labute approximate surface area is 86.6 Å². The molecule has 1 aromatic carbocycles. The number of benzene rings is 1. The van der Waals surface area contributed by atoms with Crippen molar-refractivity contribution in [3.8, 4) is 0 Å². The fourth-order valence-electron chi connectivity index (χ4n) is 1.32. The summed E-state index contributed by atoms with van der Waals surface area (Å²) in [6.45, 7) is 3.31. The third-order valence-electron chi connectivity index (χ3n) is 2.14. The van der Waals surface area contributed by atoms with Crippen LogP contribution in [0, 0.1) is 11.6 Å². The number of nitrogens with zero attached hydrogens (tertiary/aromatic N) is 1. The van der Waals surface area contributed by atoms with Gasteiger partial charge in [-0.05, 0) is 17.5 Å². The molecule has 0 aliphatic carbocycles. The van der Waals surface area contributed by atoms with Crippen molar-refractivity contribution in [2.45, 2.75) is 26.3 Å². The molecule has 0 heterocycles. The van der Waals surface area contributed by atoms with Gasteiger partial charge in [0.15, 0.2) is 0 Å². The zero-order valence-electron chi connectivity index (χ0n) is 8.55. The maximum Gasteiger partial charge on any atom is 0.235 e. The molecule has 15 heavy (non-hydrogen) atoms. The van der Waals surface area contributed by atoms with Gasteiger partial charge in [-0.3, -0.25) is 0 Å². The molecule has 80 valence electrons. The number of aliphatic imine (C=N–C) groups is 1. The van der Waals surface area contributed by atoms with Crippen LogP contribution in [0.5, 0.6) is 0 Å². The van der Waals surface area contributed by atoms with Gasteiger partial charge < -0.3 is 0 Å². The number of rotatable bonds is 3. The van der Waals surface area contributed by atoms with Crippen LogP contribution in [-0.4, -0.2) is 6.08 Å². The van der Waals surface area contributed by atoms with Gasteiger partial charge in [-0.15, -0.1) is 0 Å². The minimum atomic E-state index is -0.684. The second kappa shape index (κ2) is 4.80. The van der Waals surface area contributed by atoms with Gasteiger partial charge in [0.1, 0.15) is 11.6 Å². The second-order valence-corrected chi connectivity index (χ2v) is 3.49. The molecule has 0 saturated carbocycles. The molecule has 4 heteroatoms. The Balaban J connectivity index is 3.23. The molecule has 0 aromatic heterocycles. The van der Waals surface area contributed by atoms with Gasteiger partial charge >= 0.3 is 0 Å². The summed E-state index contributed by atoms with van der Waals surface area (Å²) in [6.07, 6.45) is 1.26. The van der Waals surface area contributed by atoms with E-state index in [1.165, 1.54) is 18.2 Å². The van der Waals surface area contributed by atoms with Crippen molar-refractivity contribution in [3.63, 3.8) is 0 Å². The predicted molar refractivity (Wildman–Crippen MR) is 52.3 cm³/mol. The fraction of sp³-hybridized carbons (Fsp3) is 0.364. The maximum absolute atomic E-state index is 13.7. The SMILES string of the molecule is CC(C)c1ccc(F)c(CN=C=O)c1F. The third kappa shape index (κ3) is 2.48. The van der Waals surface area contributed by atoms with E-state index in [1.807, 2.05) is 13.8 Å². The van der Waals surface area contributed by atoms with Crippen LogP contribution >= 0.6 is 0 Å². The van der Waals surface area contributed by atoms with Gasteiger partial charge in [-0.25, -0.2) is 18.6 Å². The molecule has 0 unspecified atom stereocenters. The van der Waals surface area contributed by atoms with Crippen molar-refractivity contribution in [1.29, 1.82) is 0 Å². The summed E-state index contributed by atoms with van der Waals surface area (Å²) in [6, 6.07) is 2.59. The molecule has 0 atom stereocenters. The average Bonchev–Trinajstić information content (AvgIpc) is 2.17. The van der Waals surface area contributed by atoms with E-state index in [-0.39, 0.29) is 18.0 Å². The Morgan fingerprint density at radius 1 is 1.40 bits per heavy atom. The van der Waals surface area contributed by atoms with E-state index in [4.69, 9.17) is 0 Å². The van der Waals surface area contributed by atoms with Gasteiger partial charge in [0.25, 0.3) is 0 Å². The predicted octanol–water partition coefficient (Wildman–Crippen LogP) is 2.92. The lowest BCUT2D eigenvalue weighted by molar-refractivity contribution is 0.537. The van der Waals surface area contributed by atoms with Gasteiger partial charge in [0, 0.05) is 5.56 Å². The molecule has 1 rings (SSSR count). The van der Waals surface area contributed by atoms with Crippen LogP contribution in [0.2, 0.25) is 0 Å². The quantitative estimate of drug-likeness (QED) is 0.558. The van der Waals surface area contributed by atoms with Crippen LogP contribution in [-0.2, 0) is 11.3 Å². The largest absolute Gasteiger partial charge is 0.235 e. The second-order valence-electron chi connectivity index (χ2n) is 3.49. The van der Waals surface area contributed by atoms with E-state index >= 15 is 0 Å². The van der Waals surface area contributed by atoms with Gasteiger partial charge in [0.05, 0.1) is 6.54 Å². The van der Waals surface area contributed by atoms with Crippen LogP contribution in [0.3, 0.4) is 0 Å². The lowest BCUT2D eigenvalue weighted by Gasteiger charge is -2.10. The van der Waals surface area contributed by atoms with Crippen molar-refractivity contribution in [1.82, 2.24) is 0 Å². The summed E-state index contributed by atoms with van der Waals surface area (Å²) in [4.78, 5) is 13.1. The highest BCUT2D eigenvalue weighted by atomic mass is 19.1. The van der Waals surface area contributed by atoms with Crippen LogP contribution in [0.25, 0.3) is 0 Å². The van der Waals surface area contributed by atoms with Crippen LogP contribution < -0.4 is 0 Å². The minimum Gasteiger partial charge on any atom is -0.211 e. The molecular formula is C11H11F2NO. The van der Waals surface area contributed by atoms with E-state index in [1.54, 1.807) is 0 Å². The van der Waals surface area contributed by atoms with E-state index in [9.17, 15) is 13.6 Å². The monoisotopic (exact) mass is 211 g/mol. The normalized spacial score (nSPS) is 10.2. The van der Waals surface area contributed by atoms with Crippen molar-refractivity contribution in [2.24, 2.45) is 4.99 Å². The van der Waals surface area contributed by atoms with E-state index in [0.29, 0.717) is 5.56 Å². The molecule has 0 N–H and O–H groups in total. The first-order valence-corrected chi connectivity index (χ1v) is 4.58. The fourth-order valence-corrected chi connectivity index (χ4v) is 1.32. The van der Waals surface area contributed by atoms with Crippen molar-refractivity contribution in [2.75, 3.05) is 0 Å². The van der Waals surface area contributed by atoms with Gasteiger partial charge in [-0.1, -0.05) is 19.9 Å². The molecular weight excluding hydrogens is 200 g/mol. The summed E-state index contributed by atoms with van der Waals surface area (Å²) in [7, 11) is 0. The molecule has 0 aliphatic rings. The summed E-state index contributed by atoms with van der Waals surface area (Å²) in [5.74, 6) is -1.34. The third-order valence-corrected chi connectivity index (χ3v) is 2.14. The zero-order valence-corrected chi connectivity index (χ0v) is 8.55. The number of carbonyl (C=O) groups excluding carboxylic acids is 1. The summed E-state index contributed by atoms with van der Waals surface area (Å²) in [5, 5.41) is 0.